The Morgan fingerprint density at radius 1 is 1.00 bits per heavy atom. The van der Waals surface area contributed by atoms with Gasteiger partial charge in [0.15, 0.2) is 14.6 Å². The Morgan fingerprint density at radius 3 is 2.47 bits per heavy atom. The van der Waals surface area contributed by atoms with Crippen LogP contribution in [0.3, 0.4) is 0 Å². The highest BCUT2D eigenvalue weighted by Gasteiger charge is 2.53. The third-order valence-electron chi connectivity index (χ3n) is 6.08. The van der Waals surface area contributed by atoms with Gasteiger partial charge in [0, 0.05) is 11.1 Å². The largest absolute Gasteiger partial charge is 0.323 e. The number of fused-ring (bicyclic) bond motifs is 1. The molecular weight excluding hydrogens is 396 g/mol. The Hall–Kier alpha value is -2.73. The topological polar surface area (TPSA) is 76.1 Å². The van der Waals surface area contributed by atoms with Crippen molar-refractivity contribution in [3.8, 4) is 0 Å². The van der Waals surface area contributed by atoms with Crippen molar-refractivity contribution in [3.05, 3.63) is 65.4 Å². The molecule has 1 aliphatic rings. The van der Waals surface area contributed by atoms with Crippen LogP contribution in [0.25, 0.3) is 10.9 Å². The number of carbonyl (C=O) groups excluding carboxylic acids is 1. The summed E-state index contributed by atoms with van der Waals surface area (Å²) in [5, 5.41) is 3.82. The maximum atomic E-state index is 13.8. The molecule has 30 heavy (non-hydrogen) atoms. The van der Waals surface area contributed by atoms with Crippen molar-refractivity contribution in [2.24, 2.45) is 0 Å². The Labute approximate surface area is 177 Å². The fourth-order valence-electron chi connectivity index (χ4n) is 4.35. The van der Waals surface area contributed by atoms with E-state index < -0.39 is 20.5 Å². The molecule has 0 atom stereocenters. The van der Waals surface area contributed by atoms with Crippen molar-refractivity contribution in [1.82, 2.24) is 4.98 Å². The lowest BCUT2D eigenvalue weighted by molar-refractivity contribution is -0.118. The SMILES string of the molecule is Cc1ccc(C)c(S(=O)(=O)C2(C(=O)Nc3cccc4ccc(C)nc34)CCCC2)c1. The van der Waals surface area contributed by atoms with Crippen molar-refractivity contribution >= 4 is 32.3 Å². The second-order valence-electron chi connectivity index (χ2n) is 8.26. The normalized spacial score (nSPS) is 16.0. The van der Waals surface area contributed by atoms with Crippen LogP contribution in [-0.2, 0) is 14.6 Å². The molecule has 156 valence electrons. The van der Waals surface area contributed by atoms with Crippen molar-refractivity contribution in [2.45, 2.75) is 56.1 Å². The number of hydrogen-bond donors (Lipinski definition) is 1. The summed E-state index contributed by atoms with van der Waals surface area (Å²) in [6.07, 6.45) is 2.08. The Bertz CT molecular complexity index is 1240. The van der Waals surface area contributed by atoms with Crippen LogP contribution < -0.4 is 5.32 Å². The lowest BCUT2D eigenvalue weighted by atomic mass is 10.1. The average Bonchev–Trinajstić information content (AvgIpc) is 3.22. The van der Waals surface area contributed by atoms with E-state index in [1.165, 1.54) is 0 Å². The molecule has 0 saturated heterocycles. The first-order valence-electron chi connectivity index (χ1n) is 10.2. The molecule has 2 aromatic carbocycles. The number of anilines is 1. The number of para-hydroxylation sites is 1. The fourth-order valence-corrected chi connectivity index (χ4v) is 6.73. The number of sulfone groups is 1. The minimum Gasteiger partial charge on any atom is -0.323 e. The van der Waals surface area contributed by atoms with Crippen LogP contribution in [0.5, 0.6) is 0 Å². The summed E-state index contributed by atoms with van der Waals surface area (Å²) in [5.41, 5.74) is 3.58. The molecule has 1 aromatic heterocycles. The van der Waals surface area contributed by atoms with E-state index in [-0.39, 0.29) is 4.90 Å². The van der Waals surface area contributed by atoms with Gasteiger partial charge in [0.2, 0.25) is 5.91 Å². The molecular formula is C24H26N2O3S. The van der Waals surface area contributed by atoms with E-state index in [1.54, 1.807) is 25.1 Å². The third-order valence-corrected chi connectivity index (χ3v) is 8.72. The zero-order chi connectivity index (χ0) is 21.5. The highest BCUT2D eigenvalue weighted by molar-refractivity contribution is 7.93. The molecule has 1 heterocycles. The van der Waals surface area contributed by atoms with Crippen molar-refractivity contribution < 1.29 is 13.2 Å². The number of amides is 1. The number of benzene rings is 2. The zero-order valence-corrected chi connectivity index (χ0v) is 18.3. The first-order valence-corrected chi connectivity index (χ1v) is 11.7. The van der Waals surface area contributed by atoms with Crippen LogP contribution in [0.2, 0.25) is 0 Å². The molecule has 0 radical (unpaired) electrons. The second kappa shape index (κ2) is 7.51. The van der Waals surface area contributed by atoms with E-state index >= 15 is 0 Å². The molecule has 4 rings (SSSR count). The molecule has 5 nitrogen and oxygen atoms in total. The summed E-state index contributed by atoms with van der Waals surface area (Å²) >= 11 is 0. The van der Waals surface area contributed by atoms with Crippen LogP contribution in [0, 0.1) is 20.8 Å². The predicted octanol–water partition coefficient (Wildman–Crippen LogP) is 4.89. The van der Waals surface area contributed by atoms with E-state index in [0.717, 1.165) is 16.6 Å². The number of rotatable bonds is 4. The summed E-state index contributed by atoms with van der Waals surface area (Å²) < 4.78 is 26.1. The molecule has 1 N–H and O–H groups in total. The summed E-state index contributed by atoms with van der Waals surface area (Å²) in [4.78, 5) is 18.4. The van der Waals surface area contributed by atoms with Crippen molar-refractivity contribution in [1.29, 1.82) is 0 Å². The van der Waals surface area contributed by atoms with E-state index in [9.17, 15) is 13.2 Å². The van der Waals surface area contributed by atoms with Crippen LogP contribution in [0.15, 0.2) is 53.4 Å². The minimum absolute atomic E-state index is 0.256. The van der Waals surface area contributed by atoms with E-state index in [1.807, 2.05) is 44.2 Å². The van der Waals surface area contributed by atoms with Gasteiger partial charge < -0.3 is 5.32 Å². The number of hydrogen-bond acceptors (Lipinski definition) is 4. The number of carbonyl (C=O) groups is 1. The van der Waals surface area contributed by atoms with Crippen LogP contribution in [-0.4, -0.2) is 24.1 Å². The van der Waals surface area contributed by atoms with Gasteiger partial charge in [0.1, 0.15) is 0 Å². The second-order valence-corrected chi connectivity index (χ2v) is 10.5. The summed E-state index contributed by atoms with van der Waals surface area (Å²) in [6, 6.07) is 14.8. The molecule has 0 aliphatic heterocycles. The van der Waals surface area contributed by atoms with Crippen LogP contribution in [0.4, 0.5) is 5.69 Å². The molecule has 1 aliphatic carbocycles. The number of aryl methyl sites for hydroxylation is 3. The summed E-state index contributed by atoms with van der Waals surface area (Å²) in [7, 11) is -3.87. The Balaban J connectivity index is 1.79. The highest BCUT2D eigenvalue weighted by atomic mass is 32.2. The number of nitrogens with zero attached hydrogens (tertiary/aromatic N) is 1. The van der Waals surface area contributed by atoms with Crippen LogP contribution in [0.1, 0.15) is 42.5 Å². The number of nitrogens with one attached hydrogen (secondary N) is 1. The van der Waals surface area contributed by atoms with Gasteiger partial charge in [-0.15, -0.1) is 0 Å². The molecule has 3 aromatic rings. The van der Waals surface area contributed by atoms with Gasteiger partial charge in [0.05, 0.1) is 16.1 Å². The fraction of sp³-hybridized carbons (Fsp3) is 0.333. The van der Waals surface area contributed by atoms with Gasteiger partial charge in [-0.2, -0.15) is 0 Å². The lowest BCUT2D eigenvalue weighted by Crippen LogP contribution is -2.47. The average molecular weight is 423 g/mol. The Kier molecular flexibility index (Phi) is 5.14. The van der Waals surface area contributed by atoms with Gasteiger partial charge >= 0.3 is 0 Å². The monoisotopic (exact) mass is 422 g/mol. The third kappa shape index (κ3) is 3.29. The summed E-state index contributed by atoms with van der Waals surface area (Å²) in [5.74, 6) is -0.461. The smallest absolute Gasteiger partial charge is 0.246 e. The molecule has 6 heteroatoms. The molecule has 1 amide bonds. The molecule has 0 unspecified atom stereocenters. The minimum atomic E-state index is -3.87. The zero-order valence-electron chi connectivity index (χ0n) is 17.5. The highest BCUT2D eigenvalue weighted by Crippen LogP contribution is 2.42. The van der Waals surface area contributed by atoms with Gasteiger partial charge in [-0.3, -0.25) is 9.78 Å². The van der Waals surface area contributed by atoms with Gasteiger partial charge in [0.25, 0.3) is 0 Å². The van der Waals surface area contributed by atoms with Gasteiger partial charge in [-0.25, -0.2) is 8.42 Å². The van der Waals surface area contributed by atoms with Crippen molar-refractivity contribution in [3.63, 3.8) is 0 Å². The molecule has 1 fully saturated rings. The standard InChI is InChI=1S/C24H26N2O3S/c1-16-9-10-17(2)21(15-16)30(28,29)24(13-4-5-14-24)23(27)26-20-8-6-7-19-12-11-18(3)25-22(19)20/h6-12,15H,4-5,13-14H2,1-3H3,(H,26,27). The van der Waals surface area contributed by atoms with Crippen molar-refractivity contribution in [2.75, 3.05) is 5.32 Å². The van der Waals surface area contributed by atoms with E-state index in [4.69, 9.17) is 0 Å². The maximum Gasteiger partial charge on any atom is 0.246 e. The maximum absolute atomic E-state index is 13.8. The molecule has 0 spiro atoms. The predicted molar refractivity (Wildman–Crippen MR) is 119 cm³/mol. The lowest BCUT2D eigenvalue weighted by Gasteiger charge is -2.28. The van der Waals surface area contributed by atoms with Gasteiger partial charge in [-0.05, 0) is 62.9 Å². The quantitative estimate of drug-likeness (QED) is 0.650. The van der Waals surface area contributed by atoms with Crippen LogP contribution >= 0.6 is 0 Å². The molecule has 0 bridgehead atoms. The first-order chi connectivity index (χ1) is 14.2. The summed E-state index contributed by atoms with van der Waals surface area (Å²) in [6.45, 7) is 5.54. The first kappa shape index (κ1) is 20.5. The number of aromatic nitrogens is 1. The molecule has 1 saturated carbocycles. The van der Waals surface area contributed by atoms with Gasteiger partial charge in [-0.1, -0.05) is 43.2 Å². The van der Waals surface area contributed by atoms with E-state index in [0.29, 0.717) is 42.5 Å². The number of pyridine rings is 1. The van der Waals surface area contributed by atoms with E-state index in [2.05, 4.69) is 10.3 Å². The Morgan fingerprint density at radius 2 is 1.73 bits per heavy atom.